The Hall–Kier alpha value is -2.77. The molecule has 1 N–H and O–H groups in total. The highest BCUT2D eigenvalue weighted by atomic mass is 32.1. The SMILES string of the molecule is C=C/C(=C\C=C(/C)C1(C(=O)N(CCC/C(=C/C=C\C)CCC)Cc2nc(C=O)c(C)s2)CC1)OC.CO. The summed E-state index contributed by atoms with van der Waals surface area (Å²) in [5, 5.41) is 7.81. The summed E-state index contributed by atoms with van der Waals surface area (Å²) in [5.74, 6) is 0.813. The van der Waals surface area contributed by atoms with Crippen LogP contribution in [0, 0.1) is 12.3 Å². The molecule has 0 bridgehead atoms. The molecule has 0 radical (unpaired) electrons. The number of methoxy groups -OCH3 is 1. The van der Waals surface area contributed by atoms with Gasteiger partial charge in [0.05, 0.1) is 19.1 Å². The van der Waals surface area contributed by atoms with Gasteiger partial charge in [-0.3, -0.25) is 9.59 Å². The van der Waals surface area contributed by atoms with Crippen LogP contribution in [-0.4, -0.2) is 47.9 Å². The quantitative estimate of drug-likeness (QED) is 0.155. The number of aliphatic hydroxyl groups excluding tert-OH is 1. The average molecular weight is 529 g/mol. The van der Waals surface area contributed by atoms with Crippen molar-refractivity contribution in [3.05, 3.63) is 75.5 Å². The van der Waals surface area contributed by atoms with Gasteiger partial charge in [-0.1, -0.05) is 55.4 Å². The molecule has 204 valence electrons. The number of allylic oxidation sites excluding steroid dienone is 7. The van der Waals surface area contributed by atoms with E-state index in [1.165, 1.54) is 16.9 Å². The summed E-state index contributed by atoms with van der Waals surface area (Å²) in [5.41, 5.74) is 2.44. The largest absolute Gasteiger partial charge is 0.497 e. The molecule has 1 saturated carbocycles. The third-order valence-electron chi connectivity index (χ3n) is 6.47. The van der Waals surface area contributed by atoms with Crippen LogP contribution < -0.4 is 0 Å². The molecule has 1 heterocycles. The van der Waals surface area contributed by atoms with Crippen molar-refractivity contribution in [2.75, 3.05) is 20.8 Å². The number of aryl methyl sites for hydroxylation is 1. The number of rotatable bonds is 15. The van der Waals surface area contributed by atoms with Gasteiger partial charge in [-0.25, -0.2) is 4.98 Å². The van der Waals surface area contributed by atoms with Crippen molar-refractivity contribution in [3.63, 3.8) is 0 Å². The summed E-state index contributed by atoms with van der Waals surface area (Å²) in [6.07, 6.45) is 18.3. The number of aldehydes is 1. The highest BCUT2D eigenvalue weighted by Gasteiger charge is 2.52. The fraction of sp³-hybridized carbons (Fsp3) is 0.500. The second kappa shape index (κ2) is 16.9. The van der Waals surface area contributed by atoms with Gasteiger partial charge in [-0.05, 0) is 65.0 Å². The van der Waals surface area contributed by atoms with Crippen molar-refractivity contribution in [2.45, 2.75) is 72.8 Å². The van der Waals surface area contributed by atoms with E-state index in [0.717, 1.165) is 67.4 Å². The normalized spacial score (nSPS) is 15.2. The topological polar surface area (TPSA) is 79.7 Å². The predicted octanol–water partition coefficient (Wildman–Crippen LogP) is 6.73. The molecule has 0 aromatic carbocycles. The van der Waals surface area contributed by atoms with Crippen molar-refractivity contribution in [1.29, 1.82) is 0 Å². The lowest BCUT2D eigenvalue weighted by molar-refractivity contribution is -0.136. The Kier molecular flexibility index (Phi) is 14.7. The maximum Gasteiger partial charge on any atom is 0.233 e. The monoisotopic (exact) mass is 528 g/mol. The molecule has 0 spiro atoms. The van der Waals surface area contributed by atoms with Crippen molar-refractivity contribution >= 4 is 23.5 Å². The number of thiazole rings is 1. The van der Waals surface area contributed by atoms with Gasteiger partial charge in [-0.15, -0.1) is 11.3 Å². The first-order chi connectivity index (χ1) is 17.8. The minimum atomic E-state index is -0.469. The summed E-state index contributed by atoms with van der Waals surface area (Å²) >= 11 is 1.49. The highest BCUT2D eigenvalue weighted by molar-refractivity contribution is 7.11. The van der Waals surface area contributed by atoms with Crippen molar-refractivity contribution in [2.24, 2.45) is 5.41 Å². The lowest BCUT2D eigenvalue weighted by atomic mass is 9.94. The van der Waals surface area contributed by atoms with Gasteiger partial charge in [0.1, 0.15) is 16.5 Å². The van der Waals surface area contributed by atoms with Gasteiger partial charge in [0.25, 0.3) is 0 Å². The lowest BCUT2D eigenvalue weighted by Gasteiger charge is -2.27. The number of nitrogens with zero attached hydrogens (tertiary/aromatic N) is 2. The standard InChI is InChI=1S/C29H40N2O3S.CH4O/c1-7-10-13-24(12-8-2)14-11-19-31(20-27-30-26(21-32)23(5)35-27)28(33)29(17-18-29)22(4)15-16-25(9-3)34-6;1-2/h7,9-10,13,15-16,21H,3,8,11-12,14,17-20H2,1-2,4-6H3;2H,1H3/b10-7-,22-15+,24-13+,25-16+;. The van der Waals surface area contributed by atoms with Crippen LogP contribution in [0.5, 0.6) is 0 Å². The molecule has 1 aromatic heterocycles. The maximum atomic E-state index is 13.9. The van der Waals surface area contributed by atoms with E-state index in [2.05, 4.69) is 30.6 Å². The molecule has 1 aromatic rings. The molecular formula is C30H44N2O4S. The van der Waals surface area contributed by atoms with E-state index in [1.807, 2.05) is 43.9 Å². The van der Waals surface area contributed by atoms with Crippen LogP contribution in [0.1, 0.15) is 79.7 Å². The van der Waals surface area contributed by atoms with E-state index in [1.54, 1.807) is 13.2 Å². The molecule has 1 aliphatic carbocycles. The van der Waals surface area contributed by atoms with Gasteiger partial charge in [0.2, 0.25) is 5.91 Å². The molecular weight excluding hydrogens is 484 g/mol. The lowest BCUT2D eigenvalue weighted by Crippen LogP contribution is -2.38. The van der Waals surface area contributed by atoms with Gasteiger partial charge in [0, 0.05) is 18.5 Å². The van der Waals surface area contributed by atoms with E-state index >= 15 is 0 Å². The number of ether oxygens (including phenoxy) is 1. The van der Waals surface area contributed by atoms with Crippen LogP contribution in [0.4, 0.5) is 0 Å². The minimum Gasteiger partial charge on any atom is -0.497 e. The Morgan fingerprint density at radius 2 is 1.95 bits per heavy atom. The zero-order valence-corrected chi connectivity index (χ0v) is 24.2. The number of carbonyl (C=O) groups is 2. The molecule has 1 amide bonds. The second-order valence-electron chi connectivity index (χ2n) is 9.01. The Bertz CT molecular complexity index is 1010. The maximum absolute atomic E-state index is 13.9. The number of hydrogen-bond donors (Lipinski definition) is 1. The van der Waals surface area contributed by atoms with Gasteiger partial charge < -0.3 is 14.7 Å². The number of amides is 1. The summed E-state index contributed by atoms with van der Waals surface area (Å²) in [6, 6.07) is 0. The van der Waals surface area contributed by atoms with Crippen LogP contribution in [0.2, 0.25) is 0 Å². The molecule has 0 atom stereocenters. The molecule has 1 aliphatic rings. The van der Waals surface area contributed by atoms with Crippen molar-refractivity contribution in [3.8, 4) is 0 Å². The van der Waals surface area contributed by atoms with Crippen LogP contribution in [-0.2, 0) is 16.1 Å². The molecule has 0 unspecified atom stereocenters. The fourth-order valence-corrected chi connectivity index (χ4v) is 5.11. The zero-order valence-electron chi connectivity index (χ0n) is 23.4. The number of hydrogen-bond acceptors (Lipinski definition) is 6. The summed E-state index contributed by atoms with van der Waals surface area (Å²) in [4.78, 5) is 32.5. The van der Waals surface area contributed by atoms with Crippen molar-refractivity contribution < 1.29 is 19.4 Å². The number of carbonyl (C=O) groups excluding carboxylic acids is 2. The van der Waals surface area contributed by atoms with E-state index in [4.69, 9.17) is 9.84 Å². The molecule has 6 nitrogen and oxygen atoms in total. The third-order valence-corrected chi connectivity index (χ3v) is 7.44. The molecule has 37 heavy (non-hydrogen) atoms. The first-order valence-electron chi connectivity index (χ1n) is 12.9. The first kappa shape index (κ1) is 32.3. The minimum absolute atomic E-state index is 0.146. The van der Waals surface area contributed by atoms with Gasteiger partial charge in [-0.2, -0.15) is 0 Å². The van der Waals surface area contributed by atoms with E-state index in [-0.39, 0.29) is 5.91 Å². The summed E-state index contributed by atoms with van der Waals surface area (Å²) in [7, 11) is 2.61. The molecule has 7 heteroatoms. The van der Waals surface area contributed by atoms with Crippen LogP contribution >= 0.6 is 11.3 Å². The molecule has 2 rings (SSSR count). The second-order valence-corrected chi connectivity index (χ2v) is 10.3. The first-order valence-corrected chi connectivity index (χ1v) is 13.7. The molecule has 1 fully saturated rings. The average Bonchev–Trinajstić information content (AvgIpc) is 3.65. The highest BCUT2D eigenvalue weighted by Crippen LogP contribution is 2.53. The molecule has 0 saturated heterocycles. The molecule has 0 aliphatic heterocycles. The Labute approximate surface area is 227 Å². The van der Waals surface area contributed by atoms with Crippen LogP contribution in [0.3, 0.4) is 0 Å². The zero-order chi connectivity index (χ0) is 27.8. The van der Waals surface area contributed by atoms with Gasteiger partial charge >= 0.3 is 0 Å². The summed E-state index contributed by atoms with van der Waals surface area (Å²) in [6.45, 7) is 13.0. The smallest absolute Gasteiger partial charge is 0.233 e. The predicted molar refractivity (Wildman–Crippen MR) is 154 cm³/mol. The van der Waals surface area contributed by atoms with Crippen LogP contribution in [0.25, 0.3) is 0 Å². The number of aromatic nitrogens is 1. The van der Waals surface area contributed by atoms with E-state index < -0.39 is 5.41 Å². The summed E-state index contributed by atoms with van der Waals surface area (Å²) < 4.78 is 5.27. The Balaban J connectivity index is 0.00000334. The van der Waals surface area contributed by atoms with E-state index in [0.29, 0.717) is 24.5 Å². The van der Waals surface area contributed by atoms with E-state index in [9.17, 15) is 9.59 Å². The Morgan fingerprint density at radius 3 is 2.46 bits per heavy atom. The van der Waals surface area contributed by atoms with Gasteiger partial charge in [0.15, 0.2) is 6.29 Å². The number of aliphatic hydroxyl groups is 1. The van der Waals surface area contributed by atoms with Crippen molar-refractivity contribution in [1.82, 2.24) is 9.88 Å². The fourth-order valence-electron chi connectivity index (χ4n) is 4.19. The van der Waals surface area contributed by atoms with Crippen LogP contribution in [0.15, 0.2) is 59.9 Å². The Morgan fingerprint density at radius 1 is 1.24 bits per heavy atom. The third kappa shape index (κ3) is 9.56.